The number of Topliss-reactive ketones (excluding diaryl/α,β-unsaturated/α-hetero) is 1. The monoisotopic (exact) mass is 177 g/mol. The first kappa shape index (κ1) is 9.09. The van der Waals surface area contributed by atoms with E-state index in [1.165, 1.54) is 0 Å². The Balaban J connectivity index is 2.45. The van der Waals surface area contributed by atoms with E-state index in [4.69, 9.17) is 0 Å². The molecule has 1 aliphatic rings. The van der Waals surface area contributed by atoms with E-state index in [2.05, 4.69) is 5.32 Å². The van der Waals surface area contributed by atoms with Gasteiger partial charge in [-0.1, -0.05) is 0 Å². The Morgan fingerprint density at radius 3 is 2.67 bits per heavy atom. The summed E-state index contributed by atoms with van der Waals surface area (Å²) in [5.41, 5.74) is 0. The van der Waals surface area contributed by atoms with Gasteiger partial charge in [0.25, 0.3) is 0 Å². The smallest absolute Gasteiger partial charge is 0.239 e. The molecule has 1 saturated heterocycles. The molecule has 3 nitrogen and oxygen atoms in total. The molecule has 12 heavy (non-hydrogen) atoms. The van der Waals surface area contributed by atoms with Crippen LogP contribution in [0, 0.1) is 5.92 Å². The minimum absolute atomic E-state index is 0.0575. The van der Waals surface area contributed by atoms with Crippen molar-refractivity contribution >= 4 is 11.7 Å². The van der Waals surface area contributed by atoms with Gasteiger partial charge >= 0.3 is 0 Å². The van der Waals surface area contributed by atoms with Crippen LogP contribution in [-0.4, -0.2) is 24.7 Å². The molecule has 0 bridgehead atoms. The second-order valence-electron chi connectivity index (χ2n) is 2.77. The molecule has 68 valence electrons. The molecule has 0 spiro atoms. The van der Waals surface area contributed by atoms with Gasteiger partial charge in [0.15, 0.2) is 0 Å². The Morgan fingerprint density at radius 2 is 2.17 bits per heavy atom. The van der Waals surface area contributed by atoms with Crippen molar-refractivity contribution in [2.75, 3.05) is 6.54 Å². The summed E-state index contributed by atoms with van der Waals surface area (Å²) in [6.45, 7) is 0.0575. The summed E-state index contributed by atoms with van der Waals surface area (Å²) in [7, 11) is 0. The lowest BCUT2D eigenvalue weighted by Crippen LogP contribution is -2.41. The molecule has 1 aliphatic heterocycles. The van der Waals surface area contributed by atoms with Gasteiger partial charge in [-0.2, -0.15) is 0 Å². The van der Waals surface area contributed by atoms with E-state index >= 15 is 0 Å². The second-order valence-corrected chi connectivity index (χ2v) is 2.77. The number of ketones is 1. The van der Waals surface area contributed by atoms with Crippen molar-refractivity contribution in [1.29, 1.82) is 0 Å². The number of nitrogens with one attached hydrogen (secondary N) is 1. The predicted molar refractivity (Wildman–Crippen MR) is 36.7 cm³/mol. The molecule has 1 rings (SSSR count). The molecule has 1 heterocycles. The largest absolute Gasteiger partial charge is 0.355 e. The van der Waals surface area contributed by atoms with Crippen molar-refractivity contribution < 1.29 is 18.4 Å². The maximum absolute atomic E-state index is 11.8. The van der Waals surface area contributed by atoms with Crippen LogP contribution in [0.3, 0.4) is 0 Å². The molecular weight excluding hydrogens is 168 g/mol. The highest BCUT2D eigenvalue weighted by Crippen LogP contribution is 2.15. The molecule has 1 unspecified atom stereocenters. The van der Waals surface area contributed by atoms with Gasteiger partial charge in [0.1, 0.15) is 5.78 Å². The molecule has 0 aliphatic carbocycles. The van der Waals surface area contributed by atoms with Gasteiger partial charge in [0.2, 0.25) is 12.3 Å². The van der Waals surface area contributed by atoms with Gasteiger partial charge in [-0.15, -0.1) is 0 Å². The average molecular weight is 177 g/mol. The lowest BCUT2D eigenvalue weighted by Gasteiger charge is -2.20. The Kier molecular flexibility index (Phi) is 2.73. The first-order chi connectivity index (χ1) is 5.59. The van der Waals surface area contributed by atoms with Crippen LogP contribution in [0.4, 0.5) is 8.78 Å². The lowest BCUT2D eigenvalue weighted by molar-refractivity contribution is -0.134. The number of hydrogen-bond donors (Lipinski definition) is 1. The van der Waals surface area contributed by atoms with E-state index in [1.54, 1.807) is 0 Å². The van der Waals surface area contributed by atoms with Gasteiger partial charge in [-0.3, -0.25) is 9.59 Å². The van der Waals surface area contributed by atoms with Crippen LogP contribution in [0.25, 0.3) is 0 Å². The summed E-state index contributed by atoms with van der Waals surface area (Å²) in [5, 5.41) is 2.37. The van der Waals surface area contributed by atoms with Crippen LogP contribution in [-0.2, 0) is 9.59 Å². The molecule has 5 heteroatoms. The SMILES string of the molecule is O=C1CC(=O)C(CC(F)F)CN1. The molecule has 1 amide bonds. The molecule has 0 aromatic carbocycles. The maximum atomic E-state index is 11.8. The third kappa shape index (κ3) is 2.25. The van der Waals surface area contributed by atoms with Crippen molar-refractivity contribution in [2.24, 2.45) is 5.92 Å². The highest BCUT2D eigenvalue weighted by atomic mass is 19.3. The van der Waals surface area contributed by atoms with E-state index in [1.807, 2.05) is 0 Å². The minimum Gasteiger partial charge on any atom is -0.355 e. The highest BCUT2D eigenvalue weighted by molar-refractivity contribution is 6.01. The Morgan fingerprint density at radius 1 is 1.50 bits per heavy atom. The van der Waals surface area contributed by atoms with Gasteiger partial charge in [-0.05, 0) is 0 Å². The fourth-order valence-electron chi connectivity index (χ4n) is 1.15. The summed E-state index contributed by atoms with van der Waals surface area (Å²) < 4.78 is 23.6. The standard InChI is InChI=1S/C7H9F2NO2/c8-6(9)1-4-3-10-7(12)2-5(4)11/h4,6H,1-3H2,(H,10,12). The summed E-state index contributed by atoms with van der Waals surface area (Å²) in [4.78, 5) is 21.5. The second kappa shape index (κ2) is 3.60. The van der Waals surface area contributed by atoms with Crippen molar-refractivity contribution in [2.45, 2.75) is 19.3 Å². The molecule has 0 saturated carbocycles. The van der Waals surface area contributed by atoms with E-state index in [0.717, 1.165) is 0 Å². The third-order valence-corrected chi connectivity index (χ3v) is 1.80. The zero-order valence-corrected chi connectivity index (χ0v) is 6.35. The predicted octanol–water partition coefficient (Wildman–Crippen LogP) is 0.347. The van der Waals surface area contributed by atoms with Crippen LogP contribution in [0.5, 0.6) is 0 Å². The van der Waals surface area contributed by atoms with Crippen LogP contribution in [0.1, 0.15) is 12.8 Å². The van der Waals surface area contributed by atoms with Gasteiger partial charge in [-0.25, -0.2) is 8.78 Å². The van der Waals surface area contributed by atoms with E-state index in [9.17, 15) is 18.4 Å². The van der Waals surface area contributed by atoms with E-state index < -0.39 is 18.8 Å². The number of halogens is 2. The van der Waals surface area contributed by atoms with Crippen molar-refractivity contribution in [3.8, 4) is 0 Å². The molecular formula is C7H9F2NO2. The normalized spacial score (nSPS) is 24.4. The zero-order chi connectivity index (χ0) is 9.14. The van der Waals surface area contributed by atoms with E-state index in [-0.39, 0.29) is 24.7 Å². The van der Waals surface area contributed by atoms with Crippen molar-refractivity contribution in [3.05, 3.63) is 0 Å². The van der Waals surface area contributed by atoms with Gasteiger partial charge in [0, 0.05) is 18.9 Å². The quantitative estimate of drug-likeness (QED) is 0.618. The van der Waals surface area contributed by atoms with Crippen molar-refractivity contribution in [1.82, 2.24) is 5.32 Å². The van der Waals surface area contributed by atoms with Crippen molar-refractivity contribution in [3.63, 3.8) is 0 Å². The highest BCUT2D eigenvalue weighted by Gasteiger charge is 2.28. The molecule has 0 aromatic heterocycles. The Hall–Kier alpha value is -1.00. The summed E-state index contributed by atoms with van der Waals surface area (Å²) in [6, 6.07) is 0. The number of carbonyl (C=O) groups is 2. The first-order valence-corrected chi connectivity index (χ1v) is 3.67. The number of hydrogen-bond acceptors (Lipinski definition) is 2. The lowest BCUT2D eigenvalue weighted by atomic mass is 9.94. The van der Waals surface area contributed by atoms with Gasteiger partial charge in [0.05, 0.1) is 6.42 Å². The van der Waals surface area contributed by atoms with E-state index in [0.29, 0.717) is 0 Å². The van der Waals surface area contributed by atoms with Crippen LogP contribution < -0.4 is 5.32 Å². The summed E-state index contributed by atoms with van der Waals surface area (Å²) in [5.74, 6) is -1.44. The number of amides is 1. The number of piperidine rings is 1. The van der Waals surface area contributed by atoms with Crippen LogP contribution in [0.2, 0.25) is 0 Å². The molecule has 0 aromatic rings. The first-order valence-electron chi connectivity index (χ1n) is 3.67. The molecule has 1 N–H and O–H groups in total. The van der Waals surface area contributed by atoms with Crippen LogP contribution >= 0.6 is 0 Å². The third-order valence-electron chi connectivity index (χ3n) is 1.80. The number of rotatable bonds is 2. The maximum Gasteiger partial charge on any atom is 0.239 e. The molecule has 1 fully saturated rings. The summed E-state index contributed by atoms with van der Waals surface area (Å²) >= 11 is 0. The Bertz CT molecular complexity index is 206. The summed E-state index contributed by atoms with van der Waals surface area (Å²) in [6.07, 6.45) is -3.18. The topological polar surface area (TPSA) is 46.2 Å². The fourth-order valence-corrected chi connectivity index (χ4v) is 1.15. The Labute approximate surface area is 68.1 Å². The number of carbonyl (C=O) groups excluding carboxylic acids is 2. The molecule has 0 radical (unpaired) electrons. The average Bonchev–Trinajstić information content (AvgIpc) is 1.94. The van der Waals surface area contributed by atoms with Gasteiger partial charge < -0.3 is 5.32 Å². The fraction of sp³-hybridized carbons (Fsp3) is 0.714. The zero-order valence-electron chi connectivity index (χ0n) is 6.35. The minimum atomic E-state index is -2.48. The molecule has 1 atom stereocenters. The number of alkyl halides is 2. The van der Waals surface area contributed by atoms with Crippen LogP contribution in [0.15, 0.2) is 0 Å².